The average molecular weight is 360 g/mol. The fraction of sp³-hybridized carbons (Fsp3) is 0.318. The Labute approximate surface area is 158 Å². The van der Waals surface area contributed by atoms with Gasteiger partial charge in [-0.25, -0.2) is 14.4 Å². The van der Waals surface area contributed by atoms with Gasteiger partial charge in [0.25, 0.3) is 0 Å². The van der Waals surface area contributed by atoms with E-state index in [9.17, 15) is 4.39 Å². The molecule has 0 N–H and O–H groups in total. The third-order valence-electron chi connectivity index (χ3n) is 5.35. The van der Waals surface area contributed by atoms with Crippen molar-refractivity contribution in [1.82, 2.24) is 19.9 Å². The largest absolute Gasteiger partial charge is 0.294 e. The van der Waals surface area contributed by atoms with Crippen LogP contribution in [0.15, 0.2) is 48.9 Å². The molecule has 3 aromatic rings. The lowest BCUT2D eigenvalue weighted by atomic mass is 10.0. The summed E-state index contributed by atoms with van der Waals surface area (Å²) in [5, 5.41) is 0. The van der Waals surface area contributed by atoms with Crippen LogP contribution in [0.2, 0.25) is 0 Å². The fourth-order valence-corrected chi connectivity index (χ4v) is 3.70. The lowest BCUT2D eigenvalue weighted by Gasteiger charge is -2.28. The van der Waals surface area contributed by atoms with E-state index in [1.165, 1.54) is 36.2 Å². The maximum absolute atomic E-state index is 13.2. The second-order valence-electron chi connectivity index (χ2n) is 7.52. The van der Waals surface area contributed by atoms with Crippen LogP contribution in [0.1, 0.15) is 41.4 Å². The summed E-state index contributed by atoms with van der Waals surface area (Å²) in [6.07, 6.45) is 9.22. The molecule has 1 aromatic carbocycles. The van der Waals surface area contributed by atoms with Gasteiger partial charge < -0.3 is 0 Å². The van der Waals surface area contributed by atoms with E-state index in [1.807, 2.05) is 18.6 Å². The van der Waals surface area contributed by atoms with E-state index in [-0.39, 0.29) is 5.82 Å². The van der Waals surface area contributed by atoms with Crippen LogP contribution >= 0.6 is 0 Å². The van der Waals surface area contributed by atoms with Crippen molar-refractivity contribution < 1.29 is 4.39 Å². The van der Waals surface area contributed by atoms with Gasteiger partial charge in [-0.1, -0.05) is 12.1 Å². The van der Waals surface area contributed by atoms with Crippen LogP contribution in [-0.2, 0) is 19.5 Å². The first-order valence-corrected chi connectivity index (χ1v) is 9.51. The van der Waals surface area contributed by atoms with E-state index in [2.05, 4.69) is 20.9 Å². The van der Waals surface area contributed by atoms with Crippen molar-refractivity contribution in [2.24, 2.45) is 0 Å². The van der Waals surface area contributed by atoms with Gasteiger partial charge in [-0.2, -0.15) is 0 Å². The molecule has 5 rings (SSSR count). The van der Waals surface area contributed by atoms with E-state index in [1.54, 1.807) is 12.1 Å². The molecule has 0 atom stereocenters. The lowest BCUT2D eigenvalue weighted by Crippen LogP contribution is -2.31. The van der Waals surface area contributed by atoms with Gasteiger partial charge in [-0.05, 0) is 42.2 Å². The molecule has 5 heteroatoms. The number of aromatic nitrogens is 3. The van der Waals surface area contributed by atoms with Crippen LogP contribution < -0.4 is 0 Å². The van der Waals surface area contributed by atoms with E-state index < -0.39 is 0 Å². The van der Waals surface area contributed by atoms with Gasteiger partial charge in [0.15, 0.2) is 0 Å². The van der Waals surface area contributed by atoms with Crippen molar-refractivity contribution in [3.05, 3.63) is 77.4 Å². The normalized spacial score (nSPS) is 16.9. The summed E-state index contributed by atoms with van der Waals surface area (Å²) in [6, 6.07) is 8.70. The number of nitrogens with zero attached hydrogens (tertiary/aromatic N) is 4. The standard InChI is InChI=1S/C22H21FN4/c23-20-5-3-16(4-6-20)18-9-15(10-24-11-18)13-27-8-7-21-19(14-27)12-25-22(26-21)17-1-2-17/h3-6,9-12,17H,1-2,7-8,13-14H2. The van der Waals surface area contributed by atoms with E-state index >= 15 is 0 Å². The number of hydrogen-bond acceptors (Lipinski definition) is 4. The highest BCUT2D eigenvalue weighted by Crippen LogP contribution is 2.38. The van der Waals surface area contributed by atoms with Crippen molar-refractivity contribution >= 4 is 0 Å². The zero-order valence-electron chi connectivity index (χ0n) is 15.1. The minimum atomic E-state index is -0.220. The molecular formula is C22H21FN4. The molecule has 2 aliphatic rings. The van der Waals surface area contributed by atoms with E-state index in [4.69, 9.17) is 4.98 Å². The van der Waals surface area contributed by atoms with Crippen LogP contribution in [0.3, 0.4) is 0 Å². The van der Waals surface area contributed by atoms with E-state index in [0.717, 1.165) is 48.6 Å². The summed E-state index contributed by atoms with van der Waals surface area (Å²) in [4.78, 5) is 16.2. The molecule has 0 bridgehead atoms. The molecule has 1 saturated carbocycles. The van der Waals surface area contributed by atoms with Gasteiger partial charge in [0.2, 0.25) is 0 Å². The Kier molecular flexibility index (Phi) is 4.17. The highest BCUT2D eigenvalue weighted by molar-refractivity contribution is 5.62. The molecule has 3 heterocycles. The molecular weight excluding hydrogens is 339 g/mol. The van der Waals surface area contributed by atoms with Crippen molar-refractivity contribution in [2.75, 3.05) is 6.54 Å². The number of halogens is 1. The monoisotopic (exact) mass is 360 g/mol. The minimum absolute atomic E-state index is 0.220. The Bertz CT molecular complexity index is 966. The fourth-order valence-electron chi connectivity index (χ4n) is 3.70. The van der Waals surface area contributed by atoms with Crippen LogP contribution in [0.5, 0.6) is 0 Å². The number of hydrogen-bond donors (Lipinski definition) is 0. The molecule has 0 amide bonds. The summed E-state index contributed by atoms with van der Waals surface area (Å²) < 4.78 is 13.2. The van der Waals surface area contributed by atoms with Crippen LogP contribution in [0.25, 0.3) is 11.1 Å². The average Bonchev–Trinajstić information content (AvgIpc) is 3.54. The first-order chi connectivity index (χ1) is 13.2. The highest BCUT2D eigenvalue weighted by Gasteiger charge is 2.28. The molecule has 0 saturated heterocycles. The lowest BCUT2D eigenvalue weighted by molar-refractivity contribution is 0.242. The number of rotatable bonds is 4. The predicted octanol–water partition coefficient (Wildman–Crippen LogP) is 4.11. The summed E-state index contributed by atoms with van der Waals surface area (Å²) >= 11 is 0. The molecule has 1 aliphatic heterocycles. The SMILES string of the molecule is Fc1ccc(-c2cncc(CN3CCc4nc(C5CC5)ncc4C3)c2)cc1. The quantitative estimate of drug-likeness (QED) is 0.702. The van der Waals surface area contributed by atoms with Gasteiger partial charge in [-0.3, -0.25) is 9.88 Å². The molecule has 2 aromatic heterocycles. The third-order valence-corrected chi connectivity index (χ3v) is 5.35. The predicted molar refractivity (Wildman–Crippen MR) is 101 cm³/mol. The summed E-state index contributed by atoms with van der Waals surface area (Å²) in [7, 11) is 0. The van der Waals surface area contributed by atoms with Crippen LogP contribution in [-0.4, -0.2) is 26.4 Å². The van der Waals surface area contributed by atoms with Crippen molar-refractivity contribution in [3.8, 4) is 11.1 Å². The highest BCUT2D eigenvalue weighted by atomic mass is 19.1. The van der Waals surface area contributed by atoms with Gasteiger partial charge in [-0.15, -0.1) is 0 Å². The first-order valence-electron chi connectivity index (χ1n) is 9.51. The molecule has 0 radical (unpaired) electrons. The number of pyridine rings is 1. The van der Waals surface area contributed by atoms with Gasteiger partial charge in [0, 0.05) is 67.4 Å². The Hall–Kier alpha value is -2.66. The van der Waals surface area contributed by atoms with Gasteiger partial charge >= 0.3 is 0 Å². The Morgan fingerprint density at radius 3 is 2.70 bits per heavy atom. The summed E-state index contributed by atoms with van der Waals surface area (Å²) in [5.74, 6) is 1.42. The second-order valence-corrected chi connectivity index (χ2v) is 7.52. The Morgan fingerprint density at radius 2 is 1.89 bits per heavy atom. The summed E-state index contributed by atoms with van der Waals surface area (Å²) in [6.45, 7) is 2.71. The zero-order chi connectivity index (χ0) is 18.2. The van der Waals surface area contributed by atoms with Crippen LogP contribution in [0.4, 0.5) is 4.39 Å². The van der Waals surface area contributed by atoms with Gasteiger partial charge in [0.05, 0.1) is 0 Å². The molecule has 1 aliphatic carbocycles. The third kappa shape index (κ3) is 3.60. The molecule has 27 heavy (non-hydrogen) atoms. The molecule has 0 unspecified atom stereocenters. The van der Waals surface area contributed by atoms with Crippen molar-refractivity contribution in [2.45, 2.75) is 38.3 Å². The smallest absolute Gasteiger partial charge is 0.131 e. The van der Waals surface area contributed by atoms with Crippen molar-refractivity contribution in [1.29, 1.82) is 0 Å². The van der Waals surface area contributed by atoms with Gasteiger partial charge in [0.1, 0.15) is 11.6 Å². The first kappa shape index (κ1) is 16.5. The van der Waals surface area contributed by atoms with Crippen LogP contribution in [0, 0.1) is 5.82 Å². The Morgan fingerprint density at radius 1 is 1.04 bits per heavy atom. The van der Waals surface area contributed by atoms with E-state index in [0.29, 0.717) is 5.92 Å². The molecule has 1 fully saturated rings. The van der Waals surface area contributed by atoms with Crippen molar-refractivity contribution in [3.63, 3.8) is 0 Å². The zero-order valence-corrected chi connectivity index (χ0v) is 15.1. The minimum Gasteiger partial charge on any atom is -0.294 e. The molecule has 4 nitrogen and oxygen atoms in total. The number of fused-ring (bicyclic) bond motifs is 1. The Balaban J connectivity index is 1.31. The second kappa shape index (κ2) is 6.82. The topological polar surface area (TPSA) is 41.9 Å². The molecule has 0 spiro atoms. The maximum atomic E-state index is 13.2. The molecule has 136 valence electrons. The number of benzene rings is 1. The maximum Gasteiger partial charge on any atom is 0.131 e. The summed E-state index contributed by atoms with van der Waals surface area (Å²) in [5.41, 5.74) is 5.63.